The van der Waals surface area contributed by atoms with Gasteiger partial charge in [0, 0.05) is 31.2 Å². The minimum absolute atomic E-state index is 0.304. The molecule has 0 bridgehead atoms. The van der Waals surface area contributed by atoms with E-state index in [1.54, 1.807) is 12.1 Å². The summed E-state index contributed by atoms with van der Waals surface area (Å²) in [6.07, 6.45) is 0. The van der Waals surface area contributed by atoms with Crippen molar-refractivity contribution >= 4 is 17.5 Å². The van der Waals surface area contributed by atoms with E-state index in [0.717, 1.165) is 31.7 Å². The molecule has 1 aliphatic heterocycles. The first-order valence-electron chi connectivity index (χ1n) is 6.05. The lowest BCUT2D eigenvalue weighted by atomic mass is 10.0. The summed E-state index contributed by atoms with van der Waals surface area (Å²) in [6.45, 7) is 3.62. The van der Waals surface area contributed by atoms with Crippen LogP contribution in [0.3, 0.4) is 0 Å². The van der Waals surface area contributed by atoms with Gasteiger partial charge < -0.3 is 10.6 Å². The van der Waals surface area contributed by atoms with E-state index >= 15 is 0 Å². The Balaban J connectivity index is 2.18. The molecule has 1 atom stereocenters. The van der Waals surface area contributed by atoms with Crippen molar-refractivity contribution < 1.29 is 4.79 Å². The van der Waals surface area contributed by atoms with Crippen LogP contribution in [-0.4, -0.2) is 48.9 Å². The van der Waals surface area contributed by atoms with Gasteiger partial charge in [-0.15, -0.1) is 0 Å². The average Bonchev–Trinajstić information content (AvgIpc) is 2.34. The van der Waals surface area contributed by atoms with Crippen LogP contribution in [0, 0.1) is 0 Å². The summed E-state index contributed by atoms with van der Waals surface area (Å²) >= 11 is 5.86. The molecule has 0 aromatic heterocycles. The third-order valence-corrected chi connectivity index (χ3v) is 3.61. The molecule has 1 aromatic rings. The van der Waals surface area contributed by atoms with Crippen molar-refractivity contribution in [2.75, 3.05) is 33.2 Å². The van der Waals surface area contributed by atoms with E-state index in [1.807, 2.05) is 12.1 Å². The number of carbonyl (C=O) groups excluding carboxylic acids is 1. The van der Waals surface area contributed by atoms with Crippen molar-refractivity contribution in [1.29, 1.82) is 0 Å². The molecular weight excluding hydrogens is 250 g/mol. The first-order valence-corrected chi connectivity index (χ1v) is 6.43. The van der Waals surface area contributed by atoms with Crippen molar-refractivity contribution in [2.24, 2.45) is 5.73 Å². The van der Waals surface area contributed by atoms with E-state index in [-0.39, 0.29) is 11.9 Å². The largest absolute Gasteiger partial charge is 0.368 e. The molecule has 2 rings (SSSR count). The maximum atomic E-state index is 11.7. The number of carbonyl (C=O) groups is 1. The van der Waals surface area contributed by atoms with Gasteiger partial charge in [0.2, 0.25) is 5.91 Å². The maximum Gasteiger partial charge on any atom is 0.239 e. The fourth-order valence-electron chi connectivity index (χ4n) is 2.28. The molecule has 1 saturated heterocycles. The highest BCUT2D eigenvalue weighted by molar-refractivity contribution is 6.30. The number of primary amides is 1. The lowest BCUT2D eigenvalue weighted by molar-refractivity contribution is -0.124. The summed E-state index contributed by atoms with van der Waals surface area (Å²) in [4.78, 5) is 16.1. The van der Waals surface area contributed by atoms with E-state index in [0.29, 0.717) is 5.02 Å². The number of nitrogens with zero attached hydrogens (tertiary/aromatic N) is 2. The third-order valence-electron chi connectivity index (χ3n) is 3.36. The standard InChI is InChI=1S/C13H18ClN3O/c1-16-6-8-17(9-7-16)12(13(15)18)10-2-4-11(14)5-3-10/h2-5,12H,6-9H2,1H3,(H2,15,18)/t12-/m1/s1. The van der Waals surface area contributed by atoms with E-state index in [9.17, 15) is 4.79 Å². The second-order valence-electron chi connectivity index (χ2n) is 4.70. The average molecular weight is 268 g/mol. The Morgan fingerprint density at radius 2 is 1.78 bits per heavy atom. The van der Waals surface area contributed by atoms with Gasteiger partial charge in [0.15, 0.2) is 0 Å². The van der Waals surface area contributed by atoms with Crippen LogP contribution in [0.1, 0.15) is 11.6 Å². The molecule has 2 N–H and O–H groups in total. The predicted molar refractivity (Wildman–Crippen MR) is 72.5 cm³/mol. The molecule has 0 radical (unpaired) electrons. The number of benzene rings is 1. The van der Waals surface area contributed by atoms with Crippen LogP contribution in [0.5, 0.6) is 0 Å². The number of hydrogen-bond acceptors (Lipinski definition) is 3. The van der Waals surface area contributed by atoms with E-state index in [1.165, 1.54) is 0 Å². The topological polar surface area (TPSA) is 49.6 Å². The van der Waals surface area contributed by atoms with Gasteiger partial charge >= 0.3 is 0 Å². The SMILES string of the molecule is CN1CCN([C@@H](C(N)=O)c2ccc(Cl)cc2)CC1. The van der Waals surface area contributed by atoms with Gasteiger partial charge in [-0.05, 0) is 24.7 Å². The molecule has 1 fully saturated rings. The molecular formula is C13H18ClN3O. The van der Waals surface area contributed by atoms with Crippen molar-refractivity contribution in [3.05, 3.63) is 34.9 Å². The molecule has 1 aliphatic rings. The molecule has 4 nitrogen and oxygen atoms in total. The van der Waals surface area contributed by atoms with Crippen LogP contribution >= 0.6 is 11.6 Å². The summed E-state index contributed by atoms with van der Waals surface area (Å²) in [5, 5.41) is 0.667. The highest BCUT2D eigenvalue weighted by Crippen LogP contribution is 2.23. The summed E-state index contributed by atoms with van der Waals surface area (Å²) in [5.41, 5.74) is 6.46. The highest BCUT2D eigenvalue weighted by atomic mass is 35.5. The van der Waals surface area contributed by atoms with Crippen LogP contribution in [-0.2, 0) is 4.79 Å². The molecule has 0 aliphatic carbocycles. The Bertz CT molecular complexity index is 413. The van der Waals surface area contributed by atoms with Crippen LogP contribution < -0.4 is 5.73 Å². The van der Waals surface area contributed by atoms with Crippen LogP contribution in [0.15, 0.2) is 24.3 Å². The summed E-state index contributed by atoms with van der Waals surface area (Å²) in [6, 6.07) is 6.98. The van der Waals surface area contributed by atoms with Crippen molar-refractivity contribution in [3.63, 3.8) is 0 Å². The first kappa shape index (κ1) is 13.3. The lowest BCUT2D eigenvalue weighted by Crippen LogP contribution is -2.49. The van der Waals surface area contributed by atoms with E-state index in [4.69, 9.17) is 17.3 Å². The Morgan fingerprint density at radius 3 is 2.28 bits per heavy atom. The Morgan fingerprint density at radius 1 is 1.22 bits per heavy atom. The van der Waals surface area contributed by atoms with Crippen LogP contribution in [0.2, 0.25) is 5.02 Å². The molecule has 1 amide bonds. The van der Waals surface area contributed by atoms with Gasteiger partial charge in [0.1, 0.15) is 6.04 Å². The zero-order chi connectivity index (χ0) is 13.1. The molecule has 0 saturated carbocycles. The van der Waals surface area contributed by atoms with Crippen LogP contribution in [0.4, 0.5) is 0 Å². The van der Waals surface area contributed by atoms with Gasteiger partial charge in [-0.25, -0.2) is 0 Å². The lowest BCUT2D eigenvalue weighted by Gasteiger charge is -2.36. The molecule has 0 spiro atoms. The second kappa shape index (κ2) is 5.69. The quantitative estimate of drug-likeness (QED) is 0.893. The van der Waals surface area contributed by atoms with Crippen LogP contribution in [0.25, 0.3) is 0 Å². The smallest absolute Gasteiger partial charge is 0.239 e. The maximum absolute atomic E-state index is 11.7. The zero-order valence-corrected chi connectivity index (χ0v) is 11.2. The fraction of sp³-hybridized carbons (Fsp3) is 0.462. The zero-order valence-electron chi connectivity index (χ0n) is 10.5. The molecule has 5 heteroatoms. The number of hydrogen-bond donors (Lipinski definition) is 1. The number of amides is 1. The summed E-state index contributed by atoms with van der Waals surface area (Å²) < 4.78 is 0. The predicted octanol–water partition coefficient (Wildman–Crippen LogP) is 1.11. The normalized spacial score (nSPS) is 19.7. The van der Waals surface area contributed by atoms with Crippen molar-refractivity contribution in [2.45, 2.75) is 6.04 Å². The summed E-state index contributed by atoms with van der Waals surface area (Å²) in [7, 11) is 2.08. The monoisotopic (exact) mass is 267 g/mol. The highest BCUT2D eigenvalue weighted by Gasteiger charge is 2.27. The van der Waals surface area contributed by atoms with E-state index < -0.39 is 0 Å². The molecule has 18 heavy (non-hydrogen) atoms. The van der Waals surface area contributed by atoms with Crippen molar-refractivity contribution in [1.82, 2.24) is 9.80 Å². The number of piperazine rings is 1. The molecule has 1 heterocycles. The number of rotatable bonds is 3. The molecule has 98 valence electrons. The van der Waals surface area contributed by atoms with Gasteiger partial charge in [0.05, 0.1) is 0 Å². The summed E-state index contributed by atoms with van der Waals surface area (Å²) in [5.74, 6) is -0.304. The minimum Gasteiger partial charge on any atom is -0.368 e. The van der Waals surface area contributed by atoms with Gasteiger partial charge in [0.25, 0.3) is 0 Å². The van der Waals surface area contributed by atoms with Gasteiger partial charge in [-0.2, -0.15) is 0 Å². The Hall–Kier alpha value is -1.10. The second-order valence-corrected chi connectivity index (χ2v) is 5.13. The first-order chi connectivity index (χ1) is 8.58. The number of halogens is 1. The Kier molecular flexibility index (Phi) is 4.22. The fourth-order valence-corrected chi connectivity index (χ4v) is 2.41. The van der Waals surface area contributed by atoms with Gasteiger partial charge in [-0.1, -0.05) is 23.7 Å². The van der Waals surface area contributed by atoms with Crippen molar-refractivity contribution in [3.8, 4) is 0 Å². The number of nitrogens with two attached hydrogens (primary N) is 1. The Labute approximate surface area is 112 Å². The number of likely N-dealkylation sites (N-methyl/N-ethyl adjacent to an activating group) is 1. The van der Waals surface area contributed by atoms with E-state index in [2.05, 4.69) is 16.8 Å². The third kappa shape index (κ3) is 3.02. The molecule has 0 unspecified atom stereocenters. The molecule has 1 aromatic carbocycles. The van der Waals surface area contributed by atoms with Gasteiger partial charge in [-0.3, -0.25) is 9.69 Å². The minimum atomic E-state index is -0.351.